The summed E-state index contributed by atoms with van der Waals surface area (Å²) in [5.74, 6) is 1.93. The maximum absolute atomic E-state index is 3.75. The summed E-state index contributed by atoms with van der Waals surface area (Å²) in [4.78, 5) is 0. The molecule has 2 heteroatoms. The molecule has 0 aromatic heterocycles. The number of piperidine rings is 1. The van der Waals surface area contributed by atoms with E-state index in [2.05, 4.69) is 24.5 Å². The van der Waals surface area contributed by atoms with Gasteiger partial charge in [-0.3, -0.25) is 0 Å². The molecule has 2 aliphatic rings. The largest absolute Gasteiger partial charge is 0.316 e. The van der Waals surface area contributed by atoms with E-state index in [4.69, 9.17) is 0 Å². The Kier molecular flexibility index (Phi) is 2.37. The Bertz CT molecular complexity index is 144. The molecule has 2 nitrogen and oxygen atoms in total. The predicted octanol–water partition coefficient (Wildman–Crippen LogP) is 0.982. The van der Waals surface area contributed by atoms with Crippen LogP contribution in [0.3, 0.4) is 0 Å². The standard InChI is InChI=1S/C10H20N2/c1-3-7(4-2)12-10-8-5-11-6-9(8)10/h7-12H,3-6H2,1-2H3. The van der Waals surface area contributed by atoms with Gasteiger partial charge in [-0.25, -0.2) is 0 Å². The van der Waals surface area contributed by atoms with Gasteiger partial charge >= 0.3 is 0 Å². The second kappa shape index (κ2) is 3.35. The van der Waals surface area contributed by atoms with Gasteiger partial charge in [0.15, 0.2) is 0 Å². The molecule has 1 saturated carbocycles. The molecule has 1 saturated heterocycles. The molecular weight excluding hydrogens is 148 g/mol. The van der Waals surface area contributed by atoms with Crippen LogP contribution in [0.25, 0.3) is 0 Å². The van der Waals surface area contributed by atoms with Crippen LogP contribution in [0.4, 0.5) is 0 Å². The van der Waals surface area contributed by atoms with E-state index in [1.807, 2.05) is 0 Å². The molecule has 0 spiro atoms. The van der Waals surface area contributed by atoms with Crippen molar-refractivity contribution in [3.8, 4) is 0 Å². The van der Waals surface area contributed by atoms with Crippen molar-refractivity contribution in [3.05, 3.63) is 0 Å². The third-order valence-corrected chi connectivity index (χ3v) is 3.51. The van der Waals surface area contributed by atoms with Crippen LogP contribution >= 0.6 is 0 Å². The van der Waals surface area contributed by atoms with Gasteiger partial charge in [0.2, 0.25) is 0 Å². The normalized spacial score (nSPS) is 38.8. The van der Waals surface area contributed by atoms with Crippen LogP contribution in [0.2, 0.25) is 0 Å². The van der Waals surface area contributed by atoms with Gasteiger partial charge in [0.1, 0.15) is 0 Å². The summed E-state index contributed by atoms with van der Waals surface area (Å²) >= 11 is 0. The molecule has 12 heavy (non-hydrogen) atoms. The molecule has 1 heterocycles. The lowest BCUT2D eigenvalue weighted by Crippen LogP contribution is -2.35. The van der Waals surface area contributed by atoms with E-state index in [-0.39, 0.29) is 0 Å². The van der Waals surface area contributed by atoms with Gasteiger partial charge in [0, 0.05) is 12.1 Å². The summed E-state index contributed by atoms with van der Waals surface area (Å²) in [6, 6.07) is 1.62. The SMILES string of the molecule is CCC(CC)NC1C2CNCC21. The van der Waals surface area contributed by atoms with Crippen LogP contribution in [-0.2, 0) is 0 Å². The summed E-state index contributed by atoms with van der Waals surface area (Å²) in [5, 5.41) is 7.17. The molecule has 1 aliphatic heterocycles. The summed E-state index contributed by atoms with van der Waals surface area (Å²) in [5.41, 5.74) is 0. The zero-order valence-corrected chi connectivity index (χ0v) is 8.14. The molecule has 2 unspecified atom stereocenters. The maximum atomic E-state index is 3.75. The smallest absolute Gasteiger partial charge is 0.0158 e. The topological polar surface area (TPSA) is 24.1 Å². The van der Waals surface area contributed by atoms with E-state index < -0.39 is 0 Å². The minimum Gasteiger partial charge on any atom is -0.316 e. The van der Waals surface area contributed by atoms with Gasteiger partial charge in [0.25, 0.3) is 0 Å². The Labute approximate surface area is 75.1 Å². The van der Waals surface area contributed by atoms with E-state index in [1.165, 1.54) is 25.9 Å². The molecule has 2 atom stereocenters. The Morgan fingerprint density at radius 1 is 1.25 bits per heavy atom. The van der Waals surface area contributed by atoms with Crippen LogP contribution in [0, 0.1) is 11.8 Å². The quantitative estimate of drug-likeness (QED) is 0.654. The monoisotopic (exact) mass is 168 g/mol. The van der Waals surface area contributed by atoms with Gasteiger partial charge in [-0.05, 0) is 37.8 Å². The van der Waals surface area contributed by atoms with Crippen molar-refractivity contribution in [1.82, 2.24) is 10.6 Å². The van der Waals surface area contributed by atoms with Crippen LogP contribution in [0.1, 0.15) is 26.7 Å². The van der Waals surface area contributed by atoms with Crippen molar-refractivity contribution in [3.63, 3.8) is 0 Å². The number of hydrogen-bond acceptors (Lipinski definition) is 2. The first kappa shape index (κ1) is 8.52. The molecular formula is C10H20N2. The molecule has 0 radical (unpaired) electrons. The fourth-order valence-corrected chi connectivity index (χ4v) is 2.46. The second-order valence-corrected chi connectivity index (χ2v) is 4.19. The summed E-state index contributed by atoms with van der Waals surface area (Å²) in [7, 11) is 0. The van der Waals surface area contributed by atoms with Crippen LogP contribution in [-0.4, -0.2) is 25.2 Å². The number of hydrogen-bond donors (Lipinski definition) is 2. The van der Waals surface area contributed by atoms with Crippen molar-refractivity contribution >= 4 is 0 Å². The fourth-order valence-electron chi connectivity index (χ4n) is 2.46. The van der Waals surface area contributed by atoms with Crippen molar-refractivity contribution in [2.45, 2.75) is 38.8 Å². The van der Waals surface area contributed by atoms with E-state index in [0.29, 0.717) is 0 Å². The van der Waals surface area contributed by atoms with Crippen molar-refractivity contribution in [1.29, 1.82) is 0 Å². The molecule has 2 fully saturated rings. The van der Waals surface area contributed by atoms with Crippen molar-refractivity contribution < 1.29 is 0 Å². The third kappa shape index (κ3) is 1.38. The number of fused-ring (bicyclic) bond motifs is 1. The van der Waals surface area contributed by atoms with Gasteiger partial charge in [-0.15, -0.1) is 0 Å². The van der Waals surface area contributed by atoms with Gasteiger partial charge in [0.05, 0.1) is 0 Å². The van der Waals surface area contributed by atoms with E-state index in [0.717, 1.165) is 23.9 Å². The Hall–Kier alpha value is -0.0800. The highest BCUT2D eigenvalue weighted by Gasteiger charge is 2.52. The van der Waals surface area contributed by atoms with Crippen LogP contribution < -0.4 is 10.6 Å². The second-order valence-electron chi connectivity index (χ2n) is 4.19. The first-order valence-corrected chi connectivity index (χ1v) is 5.33. The van der Waals surface area contributed by atoms with Crippen LogP contribution in [0.15, 0.2) is 0 Å². The third-order valence-electron chi connectivity index (χ3n) is 3.51. The number of rotatable bonds is 4. The minimum atomic E-state index is 0.764. The predicted molar refractivity (Wildman–Crippen MR) is 51.1 cm³/mol. The van der Waals surface area contributed by atoms with Gasteiger partial charge in [-0.2, -0.15) is 0 Å². The summed E-state index contributed by atoms with van der Waals surface area (Å²) < 4.78 is 0. The number of nitrogens with one attached hydrogen (secondary N) is 2. The molecule has 0 bridgehead atoms. The van der Waals surface area contributed by atoms with Gasteiger partial charge in [-0.1, -0.05) is 13.8 Å². The lowest BCUT2D eigenvalue weighted by molar-refractivity contribution is 0.445. The molecule has 0 amide bonds. The maximum Gasteiger partial charge on any atom is 0.0158 e. The first-order chi connectivity index (χ1) is 5.86. The fraction of sp³-hybridized carbons (Fsp3) is 1.00. The zero-order valence-electron chi connectivity index (χ0n) is 8.14. The molecule has 70 valence electrons. The molecule has 0 aromatic carbocycles. The average Bonchev–Trinajstić information content (AvgIpc) is 2.57. The van der Waals surface area contributed by atoms with Crippen molar-refractivity contribution in [2.75, 3.05) is 13.1 Å². The summed E-state index contributed by atoms with van der Waals surface area (Å²) in [6.45, 7) is 7.06. The molecule has 0 aromatic rings. The van der Waals surface area contributed by atoms with Crippen LogP contribution in [0.5, 0.6) is 0 Å². The summed E-state index contributed by atoms with van der Waals surface area (Å²) in [6.07, 6.45) is 2.56. The Morgan fingerprint density at radius 2 is 1.83 bits per heavy atom. The van der Waals surface area contributed by atoms with Gasteiger partial charge < -0.3 is 10.6 Å². The minimum absolute atomic E-state index is 0.764. The lowest BCUT2D eigenvalue weighted by atomic mass is 10.1. The highest BCUT2D eigenvalue weighted by molar-refractivity contribution is 5.09. The van der Waals surface area contributed by atoms with E-state index in [1.54, 1.807) is 0 Å². The highest BCUT2D eigenvalue weighted by Crippen LogP contribution is 2.42. The van der Waals surface area contributed by atoms with Crippen molar-refractivity contribution in [2.24, 2.45) is 11.8 Å². The first-order valence-electron chi connectivity index (χ1n) is 5.33. The zero-order chi connectivity index (χ0) is 8.55. The molecule has 1 aliphatic carbocycles. The van der Waals surface area contributed by atoms with E-state index in [9.17, 15) is 0 Å². The molecule has 2 N–H and O–H groups in total. The average molecular weight is 168 g/mol. The van der Waals surface area contributed by atoms with E-state index >= 15 is 0 Å². The Morgan fingerprint density at radius 3 is 2.33 bits per heavy atom. The lowest BCUT2D eigenvalue weighted by Gasteiger charge is -2.16. The highest BCUT2D eigenvalue weighted by atomic mass is 15.1. The molecule has 2 rings (SSSR count). The Balaban J connectivity index is 1.74.